The predicted octanol–water partition coefficient (Wildman–Crippen LogP) is 3.33. The van der Waals surface area contributed by atoms with E-state index in [1.54, 1.807) is 0 Å². The van der Waals surface area contributed by atoms with Crippen molar-refractivity contribution in [3.63, 3.8) is 0 Å². The first-order valence-electron chi connectivity index (χ1n) is 9.50. The number of aliphatic hydroxyl groups is 2. The van der Waals surface area contributed by atoms with Gasteiger partial charge in [0.15, 0.2) is 0 Å². The Morgan fingerprint density at radius 3 is 2.15 bits per heavy atom. The van der Waals surface area contributed by atoms with Gasteiger partial charge in [0.2, 0.25) is 0 Å². The molecule has 0 heterocycles. The normalized spacial score (nSPS) is 14.9. The molecular formula is C22H31NO4. The molecule has 0 amide bonds. The Bertz CT molecular complexity index is 670. The largest absolute Gasteiger partial charge is 0.508 e. The molecule has 0 spiro atoms. The zero-order valence-electron chi connectivity index (χ0n) is 16.0. The van der Waals surface area contributed by atoms with Crippen molar-refractivity contribution in [3.05, 3.63) is 59.7 Å². The van der Waals surface area contributed by atoms with E-state index in [9.17, 15) is 20.4 Å². The maximum Gasteiger partial charge on any atom is 0.119 e. The highest BCUT2D eigenvalue weighted by atomic mass is 16.3. The van der Waals surface area contributed by atoms with Crippen LogP contribution < -0.4 is 5.32 Å². The highest BCUT2D eigenvalue weighted by molar-refractivity contribution is 5.37. The number of benzene rings is 2. The molecule has 0 fully saturated rings. The van der Waals surface area contributed by atoms with E-state index >= 15 is 0 Å². The minimum Gasteiger partial charge on any atom is -0.508 e. The number of hydrogen-bond donors (Lipinski definition) is 5. The SMILES string of the molecule is CC(C)C[C@@H]([C@H](O)CCNCc1ccccc1)[C@@H](O)c1cc(O)cc(O)c1. The van der Waals surface area contributed by atoms with Crippen molar-refractivity contribution in [1.29, 1.82) is 0 Å². The summed E-state index contributed by atoms with van der Waals surface area (Å²) in [5, 5.41) is 44.2. The van der Waals surface area contributed by atoms with Crippen molar-refractivity contribution >= 4 is 0 Å². The van der Waals surface area contributed by atoms with E-state index in [1.807, 2.05) is 44.2 Å². The van der Waals surface area contributed by atoms with E-state index in [0.717, 1.165) is 6.54 Å². The maximum atomic E-state index is 10.8. The molecule has 27 heavy (non-hydrogen) atoms. The second-order valence-electron chi connectivity index (χ2n) is 7.54. The van der Waals surface area contributed by atoms with Gasteiger partial charge in [-0.05, 0) is 48.6 Å². The van der Waals surface area contributed by atoms with Gasteiger partial charge in [0.25, 0.3) is 0 Å². The quantitative estimate of drug-likeness (QED) is 0.412. The fourth-order valence-electron chi connectivity index (χ4n) is 3.37. The Hall–Kier alpha value is -2.08. The molecule has 5 nitrogen and oxygen atoms in total. The smallest absolute Gasteiger partial charge is 0.119 e. The number of nitrogens with one attached hydrogen (secondary N) is 1. The highest BCUT2D eigenvalue weighted by Gasteiger charge is 2.29. The summed E-state index contributed by atoms with van der Waals surface area (Å²) in [5.74, 6) is -0.301. The molecule has 0 bridgehead atoms. The molecular weight excluding hydrogens is 342 g/mol. The highest BCUT2D eigenvalue weighted by Crippen LogP contribution is 2.34. The van der Waals surface area contributed by atoms with E-state index < -0.39 is 12.2 Å². The molecule has 148 valence electrons. The molecule has 0 saturated heterocycles. The van der Waals surface area contributed by atoms with E-state index in [0.29, 0.717) is 30.9 Å². The fraction of sp³-hybridized carbons (Fsp3) is 0.455. The van der Waals surface area contributed by atoms with Crippen molar-refractivity contribution < 1.29 is 20.4 Å². The summed E-state index contributed by atoms with van der Waals surface area (Å²) < 4.78 is 0. The van der Waals surface area contributed by atoms with E-state index in [2.05, 4.69) is 5.32 Å². The Labute approximate surface area is 161 Å². The summed E-state index contributed by atoms with van der Waals surface area (Å²) in [7, 11) is 0. The monoisotopic (exact) mass is 373 g/mol. The molecule has 5 heteroatoms. The predicted molar refractivity (Wildman–Crippen MR) is 106 cm³/mol. The van der Waals surface area contributed by atoms with Gasteiger partial charge in [0.1, 0.15) is 11.5 Å². The average Bonchev–Trinajstić information content (AvgIpc) is 2.62. The lowest BCUT2D eigenvalue weighted by molar-refractivity contribution is -0.00329. The summed E-state index contributed by atoms with van der Waals surface area (Å²) in [6.45, 7) is 5.44. The van der Waals surface area contributed by atoms with Crippen LogP contribution in [0.1, 0.15) is 43.9 Å². The molecule has 0 radical (unpaired) electrons. The van der Waals surface area contributed by atoms with Crippen molar-refractivity contribution in [2.45, 2.75) is 45.4 Å². The van der Waals surface area contributed by atoms with Crippen LogP contribution in [0.25, 0.3) is 0 Å². The summed E-state index contributed by atoms with van der Waals surface area (Å²) in [6.07, 6.45) is -0.520. The molecule has 0 aromatic heterocycles. The Balaban J connectivity index is 1.96. The molecule has 0 unspecified atom stereocenters. The number of phenols is 2. The third kappa shape index (κ3) is 6.86. The van der Waals surface area contributed by atoms with Gasteiger partial charge in [-0.1, -0.05) is 44.2 Å². The minimum atomic E-state index is -0.963. The van der Waals surface area contributed by atoms with Crippen LogP contribution in [0.3, 0.4) is 0 Å². The summed E-state index contributed by atoms with van der Waals surface area (Å²) in [5.41, 5.74) is 1.59. The summed E-state index contributed by atoms with van der Waals surface area (Å²) >= 11 is 0. The lowest BCUT2D eigenvalue weighted by Gasteiger charge is -2.29. The van der Waals surface area contributed by atoms with Gasteiger partial charge >= 0.3 is 0 Å². The number of phenolic OH excluding ortho intramolecular Hbond substituents is 2. The van der Waals surface area contributed by atoms with Gasteiger partial charge in [-0.25, -0.2) is 0 Å². The van der Waals surface area contributed by atoms with Crippen LogP contribution in [-0.2, 0) is 6.54 Å². The second kappa shape index (κ2) is 10.3. The molecule has 0 aliphatic rings. The van der Waals surface area contributed by atoms with Gasteiger partial charge < -0.3 is 25.7 Å². The number of rotatable bonds is 10. The van der Waals surface area contributed by atoms with Crippen LogP contribution in [0.4, 0.5) is 0 Å². The summed E-state index contributed by atoms with van der Waals surface area (Å²) in [6, 6.07) is 14.1. The van der Waals surface area contributed by atoms with Crippen LogP contribution in [-0.4, -0.2) is 33.1 Å². The standard InChI is InChI=1S/C22H31NO4/c1-15(2)10-20(22(27)17-11-18(24)13-19(25)12-17)21(26)8-9-23-14-16-6-4-3-5-7-16/h3-7,11-13,15,20-27H,8-10,14H2,1-2H3/t20-,21+,22-/m0/s1. The molecule has 2 aromatic rings. The number of aliphatic hydroxyl groups excluding tert-OH is 2. The first-order chi connectivity index (χ1) is 12.9. The Kier molecular flexibility index (Phi) is 8.10. The van der Waals surface area contributed by atoms with E-state index in [-0.39, 0.29) is 17.4 Å². The van der Waals surface area contributed by atoms with Gasteiger partial charge in [-0.2, -0.15) is 0 Å². The fourth-order valence-corrected chi connectivity index (χ4v) is 3.37. The van der Waals surface area contributed by atoms with E-state index in [1.165, 1.54) is 23.8 Å². The van der Waals surface area contributed by atoms with Crippen LogP contribution in [0, 0.1) is 11.8 Å². The van der Waals surface area contributed by atoms with Gasteiger partial charge in [-0.15, -0.1) is 0 Å². The minimum absolute atomic E-state index is 0.105. The summed E-state index contributed by atoms with van der Waals surface area (Å²) in [4.78, 5) is 0. The van der Waals surface area contributed by atoms with Crippen LogP contribution >= 0.6 is 0 Å². The first-order valence-corrected chi connectivity index (χ1v) is 9.50. The van der Waals surface area contributed by atoms with Gasteiger partial charge in [0.05, 0.1) is 12.2 Å². The second-order valence-corrected chi connectivity index (χ2v) is 7.54. The topological polar surface area (TPSA) is 93.0 Å². The molecule has 0 aliphatic heterocycles. The average molecular weight is 373 g/mol. The number of hydrogen-bond acceptors (Lipinski definition) is 5. The van der Waals surface area contributed by atoms with Gasteiger partial charge in [0, 0.05) is 18.5 Å². The third-order valence-electron chi connectivity index (χ3n) is 4.70. The van der Waals surface area contributed by atoms with Crippen LogP contribution in [0.2, 0.25) is 0 Å². The lowest BCUT2D eigenvalue weighted by atomic mass is 9.83. The zero-order valence-corrected chi connectivity index (χ0v) is 16.0. The van der Waals surface area contributed by atoms with Crippen molar-refractivity contribution in [1.82, 2.24) is 5.32 Å². The van der Waals surface area contributed by atoms with Crippen molar-refractivity contribution in [2.24, 2.45) is 11.8 Å². The third-order valence-corrected chi connectivity index (χ3v) is 4.70. The molecule has 5 N–H and O–H groups in total. The lowest BCUT2D eigenvalue weighted by Crippen LogP contribution is -2.31. The van der Waals surface area contributed by atoms with Crippen molar-refractivity contribution in [2.75, 3.05) is 6.54 Å². The zero-order chi connectivity index (χ0) is 19.8. The molecule has 2 rings (SSSR count). The molecule has 0 aliphatic carbocycles. The Morgan fingerprint density at radius 1 is 0.926 bits per heavy atom. The van der Waals surface area contributed by atoms with E-state index in [4.69, 9.17) is 0 Å². The molecule has 2 aromatic carbocycles. The Morgan fingerprint density at radius 2 is 1.56 bits per heavy atom. The molecule has 0 saturated carbocycles. The van der Waals surface area contributed by atoms with Crippen molar-refractivity contribution in [3.8, 4) is 11.5 Å². The van der Waals surface area contributed by atoms with Crippen LogP contribution in [0.5, 0.6) is 11.5 Å². The van der Waals surface area contributed by atoms with Gasteiger partial charge in [-0.3, -0.25) is 0 Å². The first kappa shape index (κ1) is 21.2. The van der Waals surface area contributed by atoms with Crippen LogP contribution in [0.15, 0.2) is 48.5 Å². The number of aromatic hydroxyl groups is 2. The maximum absolute atomic E-state index is 10.8. The molecule has 3 atom stereocenters.